The van der Waals surface area contributed by atoms with E-state index in [2.05, 4.69) is 0 Å². The van der Waals surface area contributed by atoms with Crippen molar-refractivity contribution in [3.8, 4) is 22.8 Å². The lowest BCUT2D eigenvalue weighted by Crippen LogP contribution is -2.15. The van der Waals surface area contributed by atoms with Gasteiger partial charge in [0.2, 0.25) is 11.2 Å². The number of aryl methyl sites for hydroxylation is 3. The first kappa shape index (κ1) is 21.0. The molecule has 0 N–H and O–H groups in total. The van der Waals surface area contributed by atoms with Gasteiger partial charge in [-0.3, -0.25) is 4.79 Å². The minimum Gasteiger partial charge on any atom is -0.490 e. The summed E-state index contributed by atoms with van der Waals surface area (Å²) < 4.78 is 17.8. The number of fused-ring (bicyclic) bond motifs is 1. The van der Waals surface area contributed by atoms with Gasteiger partial charge in [-0.2, -0.15) is 0 Å². The van der Waals surface area contributed by atoms with E-state index in [9.17, 15) is 4.79 Å². The third kappa shape index (κ3) is 4.59. The minimum absolute atomic E-state index is 0.156. The zero-order valence-electron chi connectivity index (χ0n) is 17.7. The highest BCUT2D eigenvalue weighted by Crippen LogP contribution is 2.33. The van der Waals surface area contributed by atoms with Crippen molar-refractivity contribution in [1.82, 2.24) is 0 Å². The summed E-state index contributed by atoms with van der Waals surface area (Å²) in [5.41, 5.74) is 4.11. The van der Waals surface area contributed by atoms with Crippen LogP contribution in [0.2, 0.25) is 5.02 Å². The molecule has 0 unspecified atom stereocenters. The Morgan fingerprint density at radius 2 is 1.45 bits per heavy atom. The van der Waals surface area contributed by atoms with Crippen molar-refractivity contribution in [3.05, 3.63) is 92.6 Å². The Labute approximate surface area is 186 Å². The molecule has 5 heteroatoms. The molecule has 0 bridgehead atoms. The Hall–Kier alpha value is -3.24. The third-order valence-corrected chi connectivity index (χ3v) is 5.47. The summed E-state index contributed by atoms with van der Waals surface area (Å²) in [4.78, 5) is 13.3. The molecule has 4 rings (SSSR count). The molecule has 0 aliphatic carbocycles. The van der Waals surface area contributed by atoms with Gasteiger partial charge in [0.15, 0.2) is 5.76 Å². The van der Waals surface area contributed by atoms with E-state index in [0.717, 1.165) is 28.0 Å². The Morgan fingerprint density at radius 1 is 0.839 bits per heavy atom. The highest BCUT2D eigenvalue weighted by molar-refractivity contribution is 6.32. The second-order valence-corrected chi connectivity index (χ2v) is 7.97. The lowest BCUT2D eigenvalue weighted by atomic mass is 10.1. The van der Waals surface area contributed by atoms with Crippen molar-refractivity contribution in [2.75, 3.05) is 13.2 Å². The number of hydrogen-bond donors (Lipinski definition) is 0. The van der Waals surface area contributed by atoms with E-state index in [4.69, 9.17) is 25.5 Å². The predicted molar refractivity (Wildman–Crippen MR) is 125 cm³/mol. The van der Waals surface area contributed by atoms with Crippen LogP contribution in [0.15, 0.2) is 69.9 Å². The maximum Gasteiger partial charge on any atom is 0.235 e. The second-order valence-electron chi connectivity index (χ2n) is 7.56. The van der Waals surface area contributed by atoms with E-state index in [1.807, 2.05) is 69.3 Å². The van der Waals surface area contributed by atoms with Gasteiger partial charge in [0.1, 0.15) is 24.5 Å². The van der Waals surface area contributed by atoms with Gasteiger partial charge in [-0.15, -0.1) is 0 Å². The highest BCUT2D eigenvalue weighted by Gasteiger charge is 2.19. The monoisotopic (exact) mass is 434 g/mol. The largest absolute Gasteiger partial charge is 0.490 e. The van der Waals surface area contributed by atoms with Crippen molar-refractivity contribution in [2.24, 2.45) is 0 Å². The van der Waals surface area contributed by atoms with Crippen LogP contribution in [0.4, 0.5) is 0 Å². The molecule has 1 aromatic heterocycles. The van der Waals surface area contributed by atoms with Crippen molar-refractivity contribution in [2.45, 2.75) is 20.8 Å². The third-order valence-electron chi connectivity index (χ3n) is 5.06. The van der Waals surface area contributed by atoms with Crippen LogP contribution in [0.3, 0.4) is 0 Å². The Kier molecular flexibility index (Phi) is 6.01. The number of benzene rings is 3. The van der Waals surface area contributed by atoms with E-state index in [1.54, 1.807) is 12.1 Å². The van der Waals surface area contributed by atoms with Gasteiger partial charge in [0.25, 0.3) is 0 Å². The molecule has 0 atom stereocenters. The fraction of sp³-hybridized carbons (Fsp3) is 0.192. The zero-order valence-corrected chi connectivity index (χ0v) is 18.5. The molecule has 0 aliphatic heterocycles. The molecule has 1 heterocycles. The lowest BCUT2D eigenvalue weighted by molar-refractivity contribution is 0.214. The molecular weight excluding hydrogens is 412 g/mol. The van der Waals surface area contributed by atoms with E-state index < -0.39 is 0 Å². The van der Waals surface area contributed by atoms with Crippen LogP contribution in [0, 0.1) is 20.8 Å². The van der Waals surface area contributed by atoms with Crippen LogP contribution < -0.4 is 14.9 Å². The van der Waals surface area contributed by atoms with Crippen LogP contribution >= 0.6 is 11.6 Å². The molecule has 4 aromatic rings. The Morgan fingerprint density at radius 3 is 2.13 bits per heavy atom. The standard InChI is InChI=1S/C26H23ClO4/c1-16-4-8-19(9-5-16)25-26(30-13-12-29-20-10-6-17(2)7-11-20)24(28)21-15-22(27)18(3)14-23(21)31-25/h4-11,14-15H,12-13H2,1-3H3. The maximum absolute atomic E-state index is 13.3. The summed E-state index contributed by atoms with van der Waals surface area (Å²) in [6.45, 7) is 6.39. The molecule has 0 radical (unpaired) electrons. The number of ether oxygens (including phenoxy) is 2. The fourth-order valence-corrected chi connectivity index (χ4v) is 3.43. The van der Waals surface area contributed by atoms with E-state index in [0.29, 0.717) is 28.4 Å². The normalized spacial score (nSPS) is 11.0. The summed E-state index contributed by atoms with van der Waals surface area (Å²) in [5, 5.41) is 0.900. The van der Waals surface area contributed by atoms with Gasteiger partial charge in [0, 0.05) is 10.6 Å². The predicted octanol–water partition coefficient (Wildman–Crippen LogP) is 6.50. The average Bonchev–Trinajstić information content (AvgIpc) is 2.76. The Bertz CT molecular complexity index is 1270. The molecule has 0 amide bonds. The zero-order chi connectivity index (χ0) is 22.0. The minimum atomic E-state index is -0.255. The van der Waals surface area contributed by atoms with Gasteiger partial charge in [-0.1, -0.05) is 59.1 Å². The molecule has 4 nitrogen and oxygen atoms in total. The van der Waals surface area contributed by atoms with Crippen LogP contribution in [0.1, 0.15) is 16.7 Å². The maximum atomic E-state index is 13.3. The molecule has 0 saturated heterocycles. The van der Waals surface area contributed by atoms with Crippen molar-refractivity contribution < 1.29 is 13.9 Å². The summed E-state index contributed by atoms with van der Waals surface area (Å²) in [6, 6.07) is 18.9. The van der Waals surface area contributed by atoms with Crippen LogP contribution in [0.25, 0.3) is 22.3 Å². The first-order valence-corrected chi connectivity index (χ1v) is 10.5. The number of halogens is 1. The summed E-state index contributed by atoms with van der Waals surface area (Å²) in [6.07, 6.45) is 0. The van der Waals surface area contributed by atoms with Gasteiger partial charge in [-0.05, 0) is 50.6 Å². The molecule has 0 fully saturated rings. The van der Waals surface area contributed by atoms with Crippen LogP contribution in [-0.2, 0) is 0 Å². The van der Waals surface area contributed by atoms with E-state index in [-0.39, 0.29) is 17.8 Å². The van der Waals surface area contributed by atoms with Gasteiger partial charge in [0.05, 0.1) is 5.39 Å². The molecule has 0 saturated carbocycles. The molecule has 0 spiro atoms. The molecule has 3 aromatic carbocycles. The van der Waals surface area contributed by atoms with Crippen LogP contribution in [0.5, 0.6) is 11.5 Å². The summed E-state index contributed by atoms with van der Waals surface area (Å²) in [5.74, 6) is 1.30. The van der Waals surface area contributed by atoms with Crippen molar-refractivity contribution in [3.63, 3.8) is 0 Å². The molecular formula is C26H23ClO4. The summed E-state index contributed by atoms with van der Waals surface area (Å²) in [7, 11) is 0. The topological polar surface area (TPSA) is 48.7 Å². The van der Waals surface area contributed by atoms with Crippen LogP contribution in [-0.4, -0.2) is 13.2 Å². The van der Waals surface area contributed by atoms with E-state index in [1.165, 1.54) is 0 Å². The molecule has 158 valence electrons. The number of hydrogen-bond acceptors (Lipinski definition) is 4. The smallest absolute Gasteiger partial charge is 0.235 e. The van der Waals surface area contributed by atoms with E-state index >= 15 is 0 Å². The SMILES string of the molecule is Cc1ccc(OCCOc2c(-c3ccc(C)cc3)oc3cc(C)c(Cl)cc3c2=O)cc1. The Balaban J connectivity index is 1.67. The molecule has 31 heavy (non-hydrogen) atoms. The van der Waals surface area contributed by atoms with Gasteiger partial charge < -0.3 is 13.9 Å². The first-order chi connectivity index (χ1) is 14.9. The molecule has 0 aliphatic rings. The number of rotatable bonds is 6. The summed E-state index contributed by atoms with van der Waals surface area (Å²) >= 11 is 6.25. The highest BCUT2D eigenvalue weighted by atomic mass is 35.5. The van der Waals surface area contributed by atoms with Gasteiger partial charge in [-0.25, -0.2) is 0 Å². The van der Waals surface area contributed by atoms with Gasteiger partial charge >= 0.3 is 0 Å². The average molecular weight is 435 g/mol. The first-order valence-electron chi connectivity index (χ1n) is 10.1. The quantitative estimate of drug-likeness (QED) is 0.325. The van der Waals surface area contributed by atoms with Crippen molar-refractivity contribution in [1.29, 1.82) is 0 Å². The second kappa shape index (κ2) is 8.86. The fourth-order valence-electron chi connectivity index (χ4n) is 3.26. The van der Waals surface area contributed by atoms with Crippen molar-refractivity contribution >= 4 is 22.6 Å². The lowest BCUT2D eigenvalue weighted by Gasteiger charge is -2.13.